The van der Waals surface area contributed by atoms with Gasteiger partial charge in [0.15, 0.2) is 0 Å². The maximum Gasteiger partial charge on any atom is 0.149 e. The van der Waals surface area contributed by atoms with E-state index in [4.69, 9.17) is 4.74 Å². The quantitative estimate of drug-likeness (QED) is 0.662. The fourth-order valence-corrected chi connectivity index (χ4v) is 2.16. The van der Waals surface area contributed by atoms with E-state index in [1.54, 1.807) is 0 Å². The van der Waals surface area contributed by atoms with Crippen LogP contribution in [0.15, 0.2) is 84.9 Å². The van der Waals surface area contributed by atoms with Gasteiger partial charge < -0.3 is 4.74 Å². The van der Waals surface area contributed by atoms with Gasteiger partial charge in [0.05, 0.1) is 0 Å². The van der Waals surface area contributed by atoms with Crippen molar-refractivity contribution in [2.45, 2.75) is 6.10 Å². The van der Waals surface area contributed by atoms with E-state index < -0.39 is 0 Å². The summed E-state index contributed by atoms with van der Waals surface area (Å²) in [6.45, 7) is 0. The lowest BCUT2D eigenvalue weighted by atomic mass is 10.0. The first-order chi connectivity index (χ1) is 9.93. The summed E-state index contributed by atoms with van der Waals surface area (Å²) in [7, 11) is 0. The van der Waals surface area contributed by atoms with Crippen molar-refractivity contribution >= 4 is 0 Å². The summed E-state index contributed by atoms with van der Waals surface area (Å²) >= 11 is 0. The first-order valence-electron chi connectivity index (χ1n) is 6.67. The Balaban J connectivity index is 1.96. The fourth-order valence-electron chi connectivity index (χ4n) is 2.16. The van der Waals surface area contributed by atoms with Crippen molar-refractivity contribution in [2.24, 2.45) is 0 Å². The van der Waals surface area contributed by atoms with E-state index in [-0.39, 0.29) is 6.10 Å². The van der Waals surface area contributed by atoms with Gasteiger partial charge in [0, 0.05) is 6.07 Å². The summed E-state index contributed by atoms with van der Waals surface area (Å²) in [5.74, 6) is 0.755. The van der Waals surface area contributed by atoms with Crippen molar-refractivity contribution in [3.8, 4) is 5.75 Å². The topological polar surface area (TPSA) is 9.23 Å². The lowest BCUT2D eigenvalue weighted by molar-refractivity contribution is 0.247. The summed E-state index contributed by atoms with van der Waals surface area (Å²) < 4.78 is 6.13. The number of ether oxygens (including phenoxy) is 1. The smallest absolute Gasteiger partial charge is 0.149 e. The molecule has 0 aliphatic carbocycles. The van der Waals surface area contributed by atoms with E-state index in [1.807, 2.05) is 60.7 Å². The maximum atomic E-state index is 6.13. The van der Waals surface area contributed by atoms with Crippen LogP contribution in [0.25, 0.3) is 0 Å². The van der Waals surface area contributed by atoms with Crippen LogP contribution in [-0.2, 0) is 0 Å². The molecule has 0 saturated carbocycles. The van der Waals surface area contributed by atoms with E-state index in [1.165, 1.54) is 0 Å². The molecule has 3 aromatic rings. The SMILES string of the molecule is [c]1ccccc1OC(c1ccccc1)c1ccccc1. The van der Waals surface area contributed by atoms with Crippen LogP contribution >= 0.6 is 0 Å². The van der Waals surface area contributed by atoms with Crippen LogP contribution in [0.4, 0.5) is 0 Å². The predicted octanol–water partition coefficient (Wildman–Crippen LogP) is 4.66. The zero-order chi connectivity index (χ0) is 13.6. The van der Waals surface area contributed by atoms with Gasteiger partial charge in [-0.3, -0.25) is 0 Å². The molecule has 0 bridgehead atoms. The van der Waals surface area contributed by atoms with Crippen LogP contribution in [0.2, 0.25) is 0 Å². The van der Waals surface area contributed by atoms with E-state index in [2.05, 4.69) is 30.3 Å². The zero-order valence-corrected chi connectivity index (χ0v) is 11.1. The molecule has 0 fully saturated rings. The van der Waals surface area contributed by atoms with Gasteiger partial charge in [0.2, 0.25) is 0 Å². The molecule has 97 valence electrons. The van der Waals surface area contributed by atoms with E-state index in [9.17, 15) is 0 Å². The van der Waals surface area contributed by atoms with Crippen LogP contribution < -0.4 is 4.74 Å². The van der Waals surface area contributed by atoms with Crippen LogP contribution in [0.3, 0.4) is 0 Å². The van der Waals surface area contributed by atoms with Crippen LogP contribution in [0.5, 0.6) is 5.75 Å². The van der Waals surface area contributed by atoms with Crippen LogP contribution in [0.1, 0.15) is 17.2 Å². The van der Waals surface area contributed by atoms with Gasteiger partial charge in [-0.1, -0.05) is 78.9 Å². The fraction of sp³-hybridized carbons (Fsp3) is 0.0526. The van der Waals surface area contributed by atoms with Crippen molar-refractivity contribution in [1.82, 2.24) is 0 Å². The molecule has 0 atom stereocenters. The average molecular weight is 259 g/mol. The number of rotatable bonds is 4. The third kappa shape index (κ3) is 2.89. The monoisotopic (exact) mass is 259 g/mol. The highest BCUT2D eigenvalue weighted by Crippen LogP contribution is 2.27. The molecule has 0 aliphatic heterocycles. The largest absolute Gasteiger partial charge is 0.480 e. The van der Waals surface area contributed by atoms with Gasteiger partial charge in [0.1, 0.15) is 11.9 Å². The summed E-state index contributed by atoms with van der Waals surface area (Å²) in [4.78, 5) is 0. The highest BCUT2D eigenvalue weighted by molar-refractivity contribution is 5.32. The lowest BCUT2D eigenvalue weighted by Gasteiger charge is -2.20. The summed E-state index contributed by atoms with van der Waals surface area (Å²) in [6.07, 6.45) is -0.115. The van der Waals surface area contributed by atoms with Crippen LogP contribution in [0, 0.1) is 6.07 Å². The van der Waals surface area contributed by atoms with E-state index in [0.29, 0.717) is 0 Å². The second kappa shape index (κ2) is 6.07. The second-order valence-corrected chi connectivity index (χ2v) is 4.55. The summed E-state index contributed by atoms with van der Waals surface area (Å²) in [6, 6.07) is 31.3. The van der Waals surface area contributed by atoms with Gasteiger partial charge in [-0.2, -0.15) is 0 Å². The third-order valence-corrected chi connectivity index (χ3v) is 3.13. The molecule has 20 heavy (non-hydrogen) atoms. The average Bonchev–Trinajstić information content (AvgIpc) is 2.55. The predicted molar refractivity (Wildman–Crippen MR) is 80.6 cm³/mol. The maximum absolute atomic E-state index is 6.13. The minimum absolute atomic E-state index is 0.115. The normalized spacial score (nSPS) is 10.4. The molecule has 3 aromatic carbocycles. The lowest BCUT2D eigenvalue weighted by Crippen LogP contribution is -2.09. The molecule has 0 unspecified atom stereocenters. The molecule has 0 spiro atoms. The van der Waals surface area contributed by atoms with Gasteiger partial charge in [-0.05, 0) is 17.2 Å². The highest BCUT2D eigenvalue weighted by atomic mass is 16.5. The Labute approximate surface area is 119 Å². The van der Waals surface area contributed by atoms with Gasteiger partial charge >= 0.3 is 0 Å². The Morgan fingerprint density at radius 1 is 0.650 bits per heavy atom. The molecule has 0 amide bonds. The Morgan fingerprint density at radius 2 is 1.20 bits per heavy atom. The summed E-state index contributed by atoms with van der Waals surface area (Å²) in [5, 5.41) is 0. The van der Waals surface area contributed by atoms with Gasteiger partial charge in [-0.25, -0.2) is 0 Å². The van der Waals surface area contributed by atoms with Crippen molar-refractivity contribution in [2.75, 3.05) is 0 Å². The van der Waals surface area contributed by atoms with Crippen molar-refractivity contribution < 1.29 is 4.74 Å². The van der Waals surface area contributed by atoms with Gasteiger partial charge in [0.25, 0.3) is 0 Å². The Bertz CT molecular complexity index is 593. The molecule has 0 heterocycles. The molecule has 0 aromatic heterocycles. The highest BCUT2D eigenvalue weighted by Gasteiger charge is 2.15. The second-order valence-electron chi connectivity index (χ2n) is 4.55. The molecule has 3 rings (SSSR count). The molecule has 0 saturated heterocycles. The number of hydrogen-bond acceptors (Lipinski definition) is 1. The molecule has 1 radical (unpaired) electrons. The number of hydrogen-bond donors (Lipinski definition) is 0. The van der Waals surface area contributed by atoms with E-state index in [0.717, 1.165) is 16.9 Å². The third-order valence-electron chi connectivity index (χ3n) is 3.13. The number of para-hydroxylation sites is 1. The number of benzene rings is 3. The summed E-state index contributed by atoms with van der Waals surface area (Å²) in [5.41, 5.74) is 2.27. The van der Waals surface area contributed by atoms with Crippen LogP contribution in [-0.4, -0.2) is 0 Å². The van der Waals surface area contributed by atoms with Gasteiger partial charge in [-0.15, -0.1) is 0 Å². The molecular formula is C19H15O. The first-order valence-corrected chi connectivity index (χ1v) is 6.67. The minimum atomic E-state index is -0.115. The Hall–Kier alpha value is -2.54. The molecular weight excluding hydrogens is 244 g/mol. The Morgan fingerprint density at radius 3 is 1.70 bits per heavy atom. The van der Waals surface area contributed by atoms with Crippen molar-refractivity contribution in [3.05, 3.63) is 102 Å². The molecule has 1 nitrogen and oxygen atoms in total. The molecule has 0 N–H and O–H groups in total. The molecule has 1 heteroatoms. The molecule has 0 aliphatic rings. The minimum Gasteiger partial charge on any atom is -0.480 e. The van der Waals surface area contributed by atoms with Crippen molar-refractivity contribution in [3.63, 3.8) is 0 Å². The van der Waals surface area contributed by atoms with E-state index >= 15 is 0 Å². The first kappa shape index (κ1) is 12.5. The zero-order valence-electron chi connectivity index (χ0n) is 11.1. The van der Waals surface area contributed by atoms with Crippen molar-refractivity contribution in [1.29, 1.82) is 0 Å². The Kier molecular flexibility index (Phi) is 3.79. The standard InChI is InChI=1S/C19H15O/c1-4-10-16(11-5-1)19(17-12-6-2-7-13-17)20-18-14-8-3-9-15-18/h1-14,19H.